The van der Waals surface area contributed by atoms with Gasteiger partial charge in [-0.1, -0.05) is 43.0 Å². The first-order chi connectivity index (χ1) is 13.3. The molecule has 0 saturated carbocycles. The topological polar surface area (TPSA) is 50.8 Å². The van der Waals surface area contributed by atoms with Crippen LogP contribution in [-0.2, 0) is 4.74 Å². The maximum absolute atomic E-state index is 12.8. The molecule has 5 heteroatoms. The van der Waals surface area contributed by atoms with Crippen molar-refractivity contribution in [1.82, 2.24) is 10.2 Å². The molecule has 0 aliphatic carbocycles. The molecule has 1 amide bonds. The number of nitrogens with zero attached hydrogens (tertiary/aromatic N) is 1. The number of ether oxygens (including phenoxy) is 2. The second-order valence-electron chi connectivity index (χ2n) is 6.47. The summed E-state index contributed by atoms with van der Waals surface area (Å²) in [5, 5.41) is 3.18. The first kappa shape index (κ1) is 19.1. The van der Waals surface area contributed by atoms with Crippen LogP contribution < -0.4 is 10.1 Å². The first-order valence-corrected chi connectivity index (χ1v) is 9.26. The number of carbonyl (C=O) groups excluding carboxylic acids is 1. The maximum atomic E-state index is 12.8. The van der Waals surface area contributed by atoms with E-state index in [1.54, 1.807) is 30.3 Å². The molecular weight excluding hydrogens is 340 g/mol. The van der Waals surface area contributed by atoms with Gasteiger partial charge < -0.3 is 14.8 Å². The quantitative estimate of drug-likeness (QED) is 0.730. The lowest BCUT2D eigenvalue weighted by molar-refractivity contribution is 0.0332. The van der Waals surface area contributed by atoms with E-state index in [0.29, 0.717) is 12.2 Å². The van der Waals surface area contributed by atoms with Crippen LogP contribution in [0.1, 0.15) is 22.0 Å². The maximum Gasteiger partial charge on any atom is 0.251 e. The van der Waals surface area contributed by atoms with Crippen molar-refractivity contribution in [2.24, 2.45) is 0 Å². The van der Waals surface area contributed by atoms with E-state index in [1.165, 1.54) is 0 Å². The Labute approximate surface area is 160 Å². The summed E-state index contributed by atoms with van der Waals surface area (Å²) in [6.45, 7) is 8.08. The predicted molar refractivity (Wildman–Crippen MR) is 106 cm³/mol. The zero-order chi connectivity index (χ0) is 18.9. The fourth-order valence-electron chi connectivity index (χ4n) is 3.06. The molecule has 2 aromatic carbocycles. The Bertz CT molecular complexity index is 725. The van der Waals surface area contributed by atoms with Gasteiger partial charge >= 0.3 is 0 Å². The van der Waals surface area contributed by atoms with Gasteiger partial charge in [0.05, 0.1) is 19.3 Å². The fourth-order valence-corrected chi connectivity index (χ4v) is 3.06. The molecule has 1 fully saturated rings. The zero-order valence-corrected chi connectivity index (χ0v) is 15.5. The molecule has 27 heavy (non-hydrogen) atoms. The Morgan fingerprint density at radius 1 is 1.15 bits per heavy atom. The number of nitrogens with one attached hydrogen (secondary N) is 1. The lowest BCUT2D eigenvalue weighted by Crippen LogP contribution is -2.43. The number of hydrogen-bond donors (Lipinski definition) is 1. The Balaban J connectivity index is 1.68. The number of amides is 1. The van der Waals surface area contributed by atoms with Gasteiger partial charge in [0.2, 0.25) is 0 Å². The summed E-state index contributed by atoms with van der Waals surface area (Å²) in [5.41, 5.74) is 1.71. The Morgan fingerprint density at radius 3 is 2.52 bits per heavy atom. The fraction of sp³-hybridized carbons (Fsp3) is 0.318. The number of hydrogen-bond acceptors (Lipinski definition) is 4. The minimum Gasteiger partial charge on any atom is -0.490 e. The molecule has 1 unspecified atom stereocenters. The Morgan fingerprint density at radius 2 is 1.85 bits per heavy atom. The lowest BCUT2D eigenvalue weighted by atomic mass is 10.1. The van der Waals surface area contributed by atoms with E-state index in [2.05, 4.69) is 28.9 Å². The summed E-state index contributed by atoms with van der Waals surface area (Å²) < 4.78 is 10.9. The molecule has 1 N–H and O–H groups in total. The van der Waals surface area contributed by atoms with Crippen LogP contribution in [0.15, 0.2) is 67.3 Å². The van der Waals surface area contributed by atoms with Gasteiger partial charge in [0.1, 0.15) is 12.4 Å². The molecule has 5 nitrogen and oxygen atoms in total. The third kappa shape index (κ3) is 5.67. The van der Waals surface area contributed by atoms with Crippen molar-refractivity contribution in [3.8, 4) is 5.75 Å². The molecule has 1 heterocycles. The molecule has 1 aliphatic heterocycles. The van der Waals surface area contributed by atoms with Crippen LogP contribution in [-0.4, -0.2) is 50.3 Å². The summed E-state index contributed by atoms with van der Waals surface area (Å²) in [4.78, 5) is 15.1. The summed E-state index contributed by atoms with van der Waals surface area (Å²) in [6.07, 6.45) is 1.69. The molecule has 0 aromatic heterocycles. The predicted octanol–water partition coefficient (Wildman–Crippen LogP) is 3.05. The third-order valence-corrected chi connectivity index (χ3v) is 4.54. The smallest absolute Gasteiger partial charge is 0.251 e. The Hall–Kier alpha value is -2.63. The largest absolute Gasteiger partial charge is 0.490 e. The normalized spacial score (nSPS) is 15.7. The van der Waals surface area contributed by atoms with Crippen LogP contribution in [0.2, 0.25) is 0 Å². The van der Waals surface area contributed by atoms with Crippen LogP contribution in [0.5, 0.6) is 5.75 Å². The molecular formula is C22H26N2O3. The van der Waals surface area contributed by atoms with Crippen molar-refractivity contribution in [2.45, 2.75) is 6.04 Å². The standard InChI is InChI=1S/C22H26N2O3/c1-2-14-27-20-10-8-19(9-11-20)22(25)23-21(18-6-4-3-5-7-18)17-24-12-15-26-16-13-24/h2-11,21H,1,12-17H2,(H,23,25). The molecule has 1 atom stereocenters. The monoisotopic (exact) mass is 366 g/mol. The van der Waals surface area contributed by atoms with Crippen LogP contribution in [0.3, 0.4) is 0 Å². The van der Waals surface area contributed by atoms with E-state index in [9.17, 15) is 4.79 Å². The highest BCUT2D eigenvalue weighted by Crippen LogP contribution is 2.17. The minimum atomic E-state index is -0.0904. The van der Waals surface area contributed by atoms with E-state index >= 15 is 0 Å². The lowest BCUT2D eigenvalue weighted by Gasteiger charge is -2.31. The van der Waals surface area contributed by atoms with Gasteiger partial charge in [-0.15, -0.1) is 0 Å². The van der Waals surface area contributed by atoms with Gasteiger partial charge in [0.15, 0.2) is 0 Å². The van der Waals surface area contributed by atoms with Gasteiger partial charge in [0.25, 0.3) is 5.91 Å². The van der Waals surface area contributed by atoms with Gasteiger partial charge in [-0.2, -0.15) is 0 Å². The SMILES string of the molecule is C=CCOc1ccc(C(=O)NC(CN2CCOCC2)c2ccccc2)cc1. The molecule has 3 rings (SSSR count). The van der Waals surface area contributed by atoms with Gasteiger partial charge in [-0.25, -0.2) is 0 Å². The molecule has 142 valence electrons. The first-order valence-electron chi connectivity index (χ1n) is 9.26. The summed E-state index contributed by atoms with van der Waals surface area (Å²) in [6, 6.07) is 17.2. The second kappa shape index (κ2) is 9.90. The van der Waals surface area contributed by atoms with Gasteiger partial charge in [-0.3, -0.25) is 9.69 Å². The molecule has 1 aliphatic rings. The molecule has 2 aromatic rings. The van der Waals surface area contributed by atoms with E-state index in [-0.39, 0.29) is 11.9 Å². The van der Waals surface area contributed by atoms with Gasteiger partial charge in [-0.05, 0) is 29.8 Å². The molecule has 1 saturated heterocycles. The third-order valence-electron chi connectivity index (χ3n) is 4.54. The Kier molecular flexibility index (Phi) is 7.02. The van der Waals surface area contributed by atoms with Crippen molar-refractivity contribution in [3.05, 3.63) is 78.4 Å². The zero-order valence-electron chi connectivity index (χ0n) is 15.5. The van der Waals surface area contributed by atoms with Crippen LogP contribution in [0.25, 0.3) is 0 Å². The number of benzene rings is 2. The highest BCUT2D eigenvalue weighted by atomic mass is 16.5. The van der Waals surface area contributed by atoms with E-state index < -0.39 is 0 Å². The summed E-state index contributed by atoms with van der Waals surface area (Å²) >= 11 is 0. The molecule has 0 bridgehead atoms. The highest BCUT2D eigenvalue weighted by Gasteiger charge is 2.20. The number of morpholine rings is 1. The van der Waals surface area contributed by atoms with Crippen molar-refractivity contribution in [1.29, 1.82) is 0 Å². The second-order valence-corrected chi connectivity index (χ2v) is 6.47. The molecule has 0 radical (unpaired) electrons. The average Bonchev–Trinajstić information content (AvgIpc) is 2.73. The van der Waals surface area contributed by atoms with Crippen molar-refractivity contribution in [2.75, 3.05) is 39.5 Å². The van der Waals surface area contributed by atoms with E-state index in [1.807, 2.05) is 18.2 Å². The van der Waals surface area contributed by atoms with Gasteiger partial charge in [0, 0.05) is 25.2 Å². The van der Waals surface area contributed by atoms with Crippen LogP contribution in [0.4, 0.5) is 0 Å². The van der Waals surface area contributed by atoms with Crippen LogP contribution in [0, 0.1) is 0 Å². The van der Waals surface area contributed by atoms with Crippen molar-refractivity contribution in [3.63, 3.8) is 0 Å². The summed E-state index contributed by atoms with van der Waals surface area (Å²) in [7, 11) is 0. The van der Waals surface area contributed by atoms with E-state index in [4.69, 9.17) is 9.47 Å². The van der Waals surface area contributed by atoms with Crippen molar-refractivity contribution < 1.29 is 14.3 Å². The summed E-state index contributed by atoms with van der Waals surface area (Å²) in [5.74, 6) is 0.631. The number of rotatable bonds is 8. The minimum absolute atomic E-state index is 0.0755. The van der Waals surface area contributed by atoms with E-state index in [0.717, 1.165) is 44.2 Å². The highest BCUT2D eigenvalue weighted by molar-refractivity contribution is 5.94. The number of carbonyl (C=O) groups is 1. The van der Waals surface area contributed by atoms with Crippen molar-refractivity contribution >= 4 is 5.91 Å². The molecule has 0 spiro atoms. The van der Waals surface area contributed by atoms with Crippen LogP contribution >= 0.6 is 0 Å². The average molecular weight is 366 g/mol.